The van der Waals surface area contributed by atoms with Gasteiger partial charge in [-0.3, -0.25) is 11.3 Å². The van der Waals surface area contributed by atoms with Gasteiger partial charge in [0.25, 0.3) is 0 Å². The van der Waals surface area contributed by atoms with Crippen molar-refractivity contribution in [2.24, 2.45) is 17.2 Å². The molecule has 0 bridgehead atoms. The van der Waals surface area contributed by atoms with Gasteiger partial charge in [0.2, 0.25) is 0 Å². The predicted molar refractivity (Wildman–Crippen MR) is 82.0 cm³/mol. The fourth-order valence-corrected chi connectivity index (χ4v) is 3.32. The van der Waals surface area contributed by atoms with Gasteiger partial charge in [0.15, 0.2) is 0 Å². The highest BCUT2D eigenvalue weighted by Crippen LogP contribution is 2.39. The number of hydrazine groups is 1. The molecule has 1 unspecified atom stereocenters. The lowest BCUT2D eigenvalue weighted by Gasteiger charge is -2.38. The van der Waals surface area contributed by atoms with Crippen molar-refractivity contribution in [3.8, 4) is 0 Å². The first kappa shape index (κ1) is 15.7. The maximum absolute atomic E-state index is 14.0. The van der Waals surface area contributed by atoms with Gasteiger partial charge in [-0.2, -0.15) is 0 Å². The Morgan fingerprint density at radius 1 is 1.40 bits per heavy atom. The summed E-state index contributed by atoms with van der Waals surface area (Å²) in [6.07, 6.45) is 5.28. The molecule has 0 radical (unpaired) electrons. The first-order valence-electron chi connectivity index (χ1n) is 7.32. The Hall–Kier alpha value is -0.640. The number of hydrogen-bond donors (Lipinski definition) is 2. The Morgan fingerprint density at radius 3 is 2.65 bits per heavy atom. The number of benzene rings is 1. The van der Waals surface area contributed by atoms with Gasteiger partial charge in [0.1, 0.15) is 5.82 Å². The van der Waals surface area contributed by atoms with Crippen molar-refractivity contribution in [2.75, 3.05) is 0 Å². The van der Waals surface area contributed by atoms with Crippen LogP contribution in [0.5, 0.6) is 0 Å². The third-order valence-corrected chi connectivity index (χ3v) is 4.93. The van der Waals surface area contributed by atoms with Crippen LogP contribution >= 0.6 is 11.6 Å². The molecule has 1 aliphatic carbocycles. The van der Waals surface area contributed by atoms with Gasteiger partial charge >= 0.3 is 0 Å². The number of nitrogens with one attached hydrogen (secondary N) is 1. The highest BCUT2D eigenvalue weighted by Gasteiger charge is 2.31. The molecular formula is C16H24ClFN2. The van der Waals surface area contributed by atoms with Gasteiger partial charge in [-0.1, -0.05) is 37.6 Å². The summed E-state index contributed by atoms with van der Waals surface area (Å²) in [4.78, 5) is 0. The fraction of sp³-hybridized carbons (Fsp3) is 0.625. The van der Waals surface area contributed by atoms with Gasteiger partial charge in [0.05, 0.1) is 5.02 Å². The number of halogens is 2. The molecule has 20 heavy (non-hydrogen) atoms. The standard InChI is InChI=1S/C16H24ClFN2/c1-16(2)8-6-11(7-9-16)14(20-19)10-12-4-3-5-13(17)15(12)18/h3-5,11,14,20H,6-10,19H2,1-2H3. The zero-order valence-electron chi connectivity index (χ0n) is 12.3. The van der Waals surface area contributed by atoms with E-state index in [0.717, 1.165) is 12.8 Å². The molecule has 2 nitrogen and oxygen atoms in total. The Morgan fingerprint density at radius 2 is 2.05 bits per heavy atom. The quantitative estimate of drug-likeness (QED) is 0.649. The van der Waals surface area contributed by atoms with E-state index in [0.29, 0.717) is 23.3 Å². The van der Waals surface area contributed by atoms with Crippen LogP contribution in [0.15, 0.2) is 18.2 Å². The molecule has 1 aliphatic rings. The molecule has 1 aromatic carbocycles. The highest BCUT2D eigenvalue weighted by atomic mass is 35.5. The number of rotatable bonds is 4. The second-order valence-corrected chi connectivity index (χ2v) is 7.10. The fourth-order valence-electron chi connectivity index (χ4n) is 3.13. The van der Waals surface area contributed by atoms with Crippen LogP contribution in [0, 0.1) is 17.2 Å². The smallest absolute Gasteiger partial charge is 0.145 e. The van der Waals surface area contributed by atoms with Gasteiger partial charge in [-0.05, 0) is 55.1 Å². The average molecular weight is 299 g/mol. The topological polar surface area (TPSA) is 38.0 Å². The van der Waals surface area contributed by atoms with Crippen LogP contribution in [0.1, 0.15) is 45.1 Å². The van der Waals surface area contributed by atoms with Gasteiger partial charge in [-0.25, -0.2) is 4.39 Å². The van der Waals surface area contributed by atoms with Crippen molar-refractivity contribution >= 4 is 11.6 Å². The minimum absolute atomic E-state index is 0.110. The van der Waals surface area contributed by atoms with Crippen molar-refractivity contribution in [1.82, 2.24) is 5.43 Å². The van der Waals surface area contributed by atoms with E-state index in [2.05, 4.69) is 19.3 Å². The van der Waals surface area contributed by atoms with Crippen LogP contribution in [0.25, 0.3) is 0 Å². The first-order valence-corrected chi connectivity index (χ1v) is 7.70. The first-order chi connectivity index (χ1) is 9.43. The highest BCUT2D eigenvalue weighted by molar-refractivity contribution is 6.30. The Balaban J connectivity index is 2.04. The third-order valence-electron chi connectivity index (χ3n) is 4.64. The molecule has 2 rings (SSSR count). The van der Waals surface area contributed by atoms with Crippen molar-refractivity contribution in [1.29, 1.82) is 0 Å². The SMILES string of the molecule is CC1(C)CCC(C(Cc2cccc(Cl)c2F)NN)CC1. The third kappa shape index (κ3) is 3.72. The van der Waals surface area contributed by atoms with Crippen molar-refractivity contribution in [3.05, 3.63) is 34.6 Å². The van der Waals surface area contributed by atoms with Crippen LogP contribution in [-0.2, 0) is 6.42 Å². The molecule has 4 heteroatoms. The zero-order valence-corrected chi connectivity index (χ0v) is 13.0. The molecule has 0 saturated heterocycles. The Bertz CT molecular complexity index is 452. The van der Waals surface area contributed by atoms with E-state index < -0.39 is 0 Å². The lowest BCUT2D eigenvalue weighted by Crippen LogP contribution is -2.44. The minimum atomic E-state index is -0.314. The van der Waals surface area contributed by atoms with Crippen molar-refractivity contribution < 1.29 is 4.39 Å². The van der Waals surface area contributed by atoms with Crippen LogP contribution in [0.3, 0.4) is 0 Å². The molecule has 1 aromatic rings. The second kappa shape index (κ2) is 6.42. The summed E-state index contributed by atoms with van der Waals surface area (Å²) in [5.41, 5.74) is 3.96. The van der Waals surface area contributed by atoms with Crippen LogP contribution in [0.2, 0.25) is 5.02 Å². The molecular weight excluding hydrogens is 275 g/mol. The van der Waals surface area contributed by atoms with Crippen LogP contribution < -0.4 is 11.3 Å². The summed E-state index contributed by atoms with van der Waals surface area (Å²) in [6, 6.07) is 5.27. The molecule has 0 amide bonds. The van der Waals surface area contributed by atoms with E-state index in [1.807, 2.05) is 0 Å². The van der Waals surface area contributed by atoms with E-state index in [9.17, 15) is 4.39 Å². The maximum atomic E-state index is 14.0. The van der Waals surface area contributed by atoms with Gasteiger partial charge in [0, 0.05) is 6.04 Å². The lowest BCUT2D eigenvalue weighted by molar-refractivity contribution is 0.160. The summed E-state index contributed by atoms with van der Waals surface area (Å²) in [5.74, 6) is 5.89. The second-order valence-electron chi connectivity index (χ2n) is 6.69. The van der Waals surface area contributed by atoms with Crippen LogP contribution in [0.4, 0.5) is 4.39 Å². The minimum Gasteiger partial charge on any atom is -0.271 e. The molecule has 0 aliphatic heterocycles. The molecule has 0 aromatic heterocycles. The largest absolute Gasteiger partial charge is 0.271 e. The van der Waals surface area contributed by atoms with Gasteiger partial charge in [-0.15, -0.1) is 0 Å². The summed E-state index contributed by atoms with van der Waals surface area (Å²) < 4.78 is 14.0. The molecule has 1 atom stereocenters. The molecule has 0 spiro atoms. The monoisotopic (exact) mass is 298 g/mol. The van der Waals surface area contributed by atoms with E-state index in [1.54, 1.807) is 18.2 Å². The molecule has 112 valence electrons. The summed E-state index contributed by atoms with van der Waals surface area (Å²) in [7, 11) is 0. The summed E-state index contributed by atoms with van der Waals surface area (Å²) >= 11 is 5.84. The Labute approximate surface area is 125 Å². The maximum Gasteiger partial charge on any atom is 0.145 e. The number of nitrogens with two attached hydrogens (primary N) is 1. The number of hydrogen-bond acceptors (Lipinski definition) is 2. The van der Waals surface area contributed by atoms with E-state index in [1.165, 1.54) is 12.8 Å². The van der Waals surface area contributed by atoms with Crippen molar-refractivity contribution in [2.45, 2.75) is 52.0 Å². The lowest BCUT2D eigenvalue weighted by atomic mass is 9.70. The summed E-state index contributed by atoms with van der Waals surface area (Å²) in [6.45, 7) is 4.62. The van der Waals surface area contributed by atoms with Gasteiger partial charge < -0.3 is 0 Å². The molecule has 0 heterocycles. The zero-order chi connectivity index (χ0) is 14.8. The summed E-state index contributed by atoms with van der Waals surface area (Å²) in [5, 5.41) is 0.183. The van der Waals surface area contributed by atoms with E-state index in [4.69, 9.17) is 17.4 Å². The van der Waals surface area contributed by atoms with E-state index in [-0.39, 0.29) is 16.9 Å². The Kier molecular flexibility index (Phi) is 5.05. The van der Waals surface area contributed by atoms with Crippen molar-refractivity contribution in [3.63, 3.8) is 0 Å². The molecule has 3 N–H and O–H groups in total. The molecule has 1 fully saturated rings. The van der Waals surface area contributed by atoms with Crippen LogP contribution in [-0.4, -0.2) is 6.04 Å². The average Bonchev–Trinajstić information content (AvgIpc) is 2.41. The predicted octanol–water partition coefficient (Wildman–Crippen LogP) is 4.07. The normalized spacial score (nSPS) is 20.9. The molecule has 1 saturated carbocycles. The van der Waals surface area contributed by atoms with E-state index >= 15 is 0 Å².